The van der Waals surface area contributed by atoms with Gasteiger partial charge in [0, 0.05) is 6.20 Å². The van der Waals surface area contributed by atoms with Crippen LogP contribution in [0.15, 0.2) is 6.20 Å². The van der Waals surface area contributed by atoms with Crippen LogP contribution in [0, 0.1) is 19.3 Å². The first-order chi connectivity index (χ1) is 6.19. The molecule has 0 spiro atoms. The molecule has 4 nitrogen and oxygen atoms in total. The molecule has 0 aliphatic rings. The summed E-state index contributed by atoms with van der Waals surface area (Å²) in [6.07, 6.45) is 6.72. The quantitative estimate of drug-likeness (QED) is 0.492. The lowest BCUT2D eigenvalue weighted by Crippen LogP contribution is -2.01. The normalized spacial score (nSPS) is 9.31. The zero-order chi connectivity index (χ0) is 9.84. The van der Waals surface area contributed by atoms with Crippen molar-refractivity contribution in [2.24, 2.45) is 0 Å². The van der Waals surface area contributed by atoms with Gasteiger partial charge >= 0.3 is 5.97 Å². The molecule has 1 aromatic rings. The maximum absolute atomic E-state index is 11.0. The fourth-order valence-electron chi connectivity index (χ4n) is 0.970. The van der Waals surface area contributed by atoms with Crippen molar-refractivity contribution in [1.29, 1.82) is 0 Å². The third-order valence-electron chi connectivity index (χ3n) is 1.63. The van der Waals surface area contributed by atoms with Crippen LogP contribution in [-0.2, 0) is 11.3 Å². The Balaban J connectivity index is 2.96. The summed E-state index contributed by atoms with van der Waals surface area (Å²) >= 11 is 0. The Morgan fingerprint density at radius 2 is 2.54 bits per heavy atom. The van der Waals surface area contributed by atoms with E-state index in [9.17, 15) is 4.79 Å². The van der Waals surface area contributed by atoms with Crippen LogP contribution < -0.4 is 0 Å². The number of ether oxygens (including phenoxy) is 1. The molecule has 0 atom stereocenters. The molecule has 0 saturated carbocycles. The molecule has 0 bridgehead atoms. The molecular weight excluding hydrogens is 168 g/mol. The van der Waals surface area contributed by atoms with E-state index in [1.54, 1.807) is 17.7 Å². The van der Waals surface area contributed by atoms with Gasteiger partial charge < -0.3 is 9.30 Å². The molecule has 0 fully saturated rings. The molecule has 13 heavy (non-hydrogen) atoms. The molecule has 1 rings (SSSR count). The summed E-state index contributed by atoms with van der Waals surface area (Å²) in [5, 5.41) is 0. The zero-order valence-corrected chi connectivity index (χ0v) is 7.57. The summed E-state index contributed by atoms with van der Waals surface area (Å²) in [5.41, 5.74) is 0.287. The average Bonchev–Trinajstić information content (AvgIpc) is 2.47. The van der Waals surface area contributed by atoms with Gasteiger partial charge in [-0.3, -0.25) is 0 Å². The summed E-state index contributed by atoms with van der Waals surface area (Å²) in [4.78, 5) is 15.0. The molecular formula is C9H10N2O2. The van der Waals surface area contributed by atoms with Gasteiger partial charge in [0.2, 0.25) is 0 Å². The highest BCUT2D eigenvalue weighted by Crippen LogP contribution is 2.03. The lowest BCUT2D eigenvalue weighted by Gasteiger charge is -1.95. The lowest BCUT2D eigenvalue weighted by atomic mass is 10.5. The van der Waals surface area contributed by atoms with E-state index in [0.29, 0.717) is 12.4 Å². The highest BCUT2D eigenvalue weighted by Gasteiger charge is 2.10. The van der Waals surface area contributed by atoms with Crippen LogP contribution in [0.1, 0.15) is 16.3 Å². The van der Waals surface area contributed by atoms with Crippen molar-refractivity contribution in [3.8, 4) is 12.3 Å². The number of carbonyl (C=O) groups is 1. The van der Waals surface area contributed by atoms with E-state index in [2.05, 4.69) is 15.6 Å². The Bertz CT molecular complexity index is 360. The predicted octanol–water partition coefficient (Wildman–Crippen LogP) is 0.611. The van der Waals surface area contributed by atoms with Gasteiger partial charge in [-0.05, 0) is 6.92 Å². The average molecular weight is 178 g/mol. The monoisotopic (exact) mass is 178 g/mol. The van der Waals surface area contributed by atoms with Gasteiger partial charge in [0.25, 0.3) is 0 Å². The van der Waals surface area contributed by atoms with E-state index in [-0.39, 0.29) is 5.69 Å². The van der Waals surface area contributed by atoms with Crippen LogP contribution in [0.25, 0.3) is 0 Å². The first-order valence-electron chi connectivity index (χ1n) is 3.74. The summed E-state index contributed by atoms with van der Waals surface area (Å²) in [5.74, 6) is 2.73. The third kappa shape index (κ3) is 1.88. The van der Waals surface area contributed by atoms with Gasteiger partial charge in [0.15, 0.2) is 5.69 Å². The fraction of sp³-hybridized carbons (Fsp3) is 0.333. The number of aryl methyl sites for hydroxylation is 1. The fourth-order valence-corrected chi connectivity index (χ4v) is 0.970. The number of methoxy groups -OCH3 is 1. The van der Waals surface area contributed by atoms with Crippen molar-refractivity contribution in [1.82, 2.24) is 9.55 Å². The Kier molecular flexibility index (Phi) is 2.70. The van der Waals surface area contributed by atoms with Crippen LogP contribution in [0.2, 0.25) is 0 Å². The van der Waals surface area contributed by atoms with Gasteiger partial charge in [-0.15, -0.1) is 6.42 Å². The van der Waals surface area contributed by atoms with Crippen LogP contribution >= 0.6 is 0 Å². The second kappa shape index (κ2) is 3.76. The van der Waals surface area contributed by atoms with Crippen LogP contribution in [0.3, 0.4) is 0 Å². The van der Waals surface area contributed by atoms with Gasteiger partial charge in [0.05, 0.1) is 13.7 Å². The van der Waals surface area contributed by atoms with Crippen molar-refractivity contribution in [3.05, 3.63) is 17.7 Å². The Morgan fingerprint density at radius 1 is 1.85 bits per heavy atom. The van der Waals surface area contributed by atoms with Crippen molar-refractivity contribution < 1.29 is 9.53 Å². The van der Waals surface area contributed by atoms with Gasteiger partial charge in [-0.2, -0.15) is 0 Å². The van der Waals surface area contributed by atoms with Crippen molar-refractivity contribution in [2.75, 3.05) is 7.11 Å². The number of imidazole rings is 1. The summed E-state index contributed by atoms with van der Waals surface area (Å²) < 4.78 is 6.23. The standard InChI is InChI=1S/C9H10N2O2/c1-4-5-11-6-8(9(12)13-3)10-7(11)2/h1,6H,5H2,2-3H3. The van der Waals surface area contributed by atoms with Crippen molar-refractivity contribution >= 4 is 5.97 Å². The molecule has 0 N–H and O–H groups in total. The Labute approximate surface area is 76.5 Å². The number of terminal acetylenes is 1. The smallest absolute Gasteiger partial charge is 0.358 e. The first kappa shape index (κ1) is 9.33. The van der Waals surface area contributed by atoms with E-state index < -0.39 is 5.97 Å². The number of esters is 1. The molecule has 0 amide bonds. The highest BCUT2D eigenvalue weighted by atomic mass is 16.5. The van der Waals surface area contributed by atoms with E-state index in [0.717, 1.165) is 0 Å². The van der Waals surface area contributed by atoms with E-state index in [1.807, 2.05) is 0 Å². The van der Waals surface area contributed by atoms with E-state index in [4.69, 9.17) is 6.42 Å². The topological polar surface area (TPSA) is 44.1 Å². The lowest BCUT2D eigenvalue weighted by molar-refractivity contribution is 0.0594. The van der Waals surface area contributed by atoms with Crippen molar-refractivity contribution in [2.45, 2.75) is 13.5 Å². The van der Waals surface area contributed by atoms with Gasteiger partial charge in [-0.1, -0.05) is 5.92 Å². The number of carbonyl (C=O) groups excluding carboxylic acids is 1. The van der Waals surface area contributed by atoms with Crippen LogP contribution in [0.5, 0.6) is 0 Å². The minimum absolute atomic E-state index is 0.287. The predicted molar refractivity (Wildman–Crippen MR) is 47.1 cm³/mol. The number of aromatic nitrogens is 2. The molecule has 0 aliphatic heterocycles. The molecule has 68 valence electrons. The minimum Gasteiger partial charge on any atom is -0.464 e. The second-order valence-corrected chi connectivity index (χ2v) is 2.50. The summed E-state index contributed by atoms with van der Waals surface area (Å²) in [6, 6.07) is 0. The number of rotatable bonds is 2. The minimum atomic E-state index is -0.445. The van der Waals surface area contributed by atoms with E-state index >= 15 is 0 Å². The Morgan fingerprint density at radius 3 is 3.08 bits per heavy atom. The molecule has 0 aliphatic carbocycles. The number of hydrogen-bond donors (Lipinski definition) is 0. The molecule has 0 aromatic carbocycles. The summed E-state index contributed by atoms with van der Waals surface area (Å²) in [6.45, 7) is 2.19. The number of hydrogen-bond acceptors (Lipinski definition) is 3. The molecule has 1 heterocycles. The van der Waals surface area contributed by atoms with Crippen LogP contribution in [0.4, 0.5) is 0 Å². The molecule has 4 heteroatoms. The third-order valence-corrected chi connectivity index (χ3v) is 1.63. The molecule has 0 radical (unpaired) electrons. The Hall–Kier alpha value is -1.76. The molecule has 1 aromatic heterocycles. The second-order valence-electron chi connectivity index (χ2n) is 2.50. The first-order valence-corrected chi connectivity index (χ1v) is 3.74. The largest absolute Gasteiger partial charge is 0.464 e. The highest BCUT2D eigenvalue weighted by molar-refractivity contribution is 5.86. The zero-order valence-electron chi connectivity index (χ0n) is 7.57. The SMILES string of the molecule is C#CCn1cc(C(=O)OC)nc1C. The van der Waals surface area contributed by atoms with E-state index in [1.165, 1.54) is 7.11 Å². The molecule has 0 saturated heterocycles. The maximum atomic E-state index is 11.0. The summed E-state index contributed by atoms with van der Waals surface area (Å²) in [7, 11) is 1.32. The van der Waals surface area contributed by atoms with Gasteiger partial charge in [0.1, 0.15) is 5.82 Å². The maximum Gasteiger partial charge on any atom is 0.358 e. The van der Waals surface area contributed by atoms with Gasteiger partial charge in [-0.25, -0.2) is 9.78 Å². The number of nitrogens with zero attached hydrogens (tertiary/aromatic N) is 2. The van der Waals surface area contributed by atoms with Crippen LogP contribution in [-0.4, -0.2) is 22.6 Å². The van der Waals surface area contributed by atoms with Crippen molar-refractivity contribution in [3.63, 3.8) is 0 Å². The molecule has 0 unspecified atom stereocenters.